The highest BCUT2D eigenvalue weighted by molar-refractivity contribution is 14.1. The summed E-state index contributed by atoms with van der Waals surface area (Å²) in [6, 6.07) is 5.89. The Morgan fingerprint density at radius 3 is 2.83 bits per heavy atom. The van der Waals surface area contributed by atoms with E-state index in [0.29, 0.717) is 0 Å². The highest BCUT2D eigenvalue weighted by Gasteiger charge is 2.17. The lowest BCUT2D eigenvalue weighted by Crippen LogP contribution is -2.32. The van der Waals surface area contributed by atoms with E-state index >= 15 is 0 Å². The molecule has 5 nitrogen and oxygen atoms in total. The minimum Gasteiger partial charge on any atom is -0.443 e. The van der Waals surface area contributed by atoms with Gasteiger partial charge in [0, 0.05) is 8.96 Å². The molecule has 0 aliphatic carbocycles. The van der Waals surface area contributed by atoms with Crippen molar-refractivity contribution in [3.8, 4) is 0 Å². The Morgan fingerprint density at radius 1 is 1.44 bits per heavy atom. The first-order valence-electron chi connectivity index (χ1n) is 5.48. The summed E-state index contributed by atoms with van der Waals surface area (Å²) < 4.78 is 6.25. The zero-order valence-electron chi connectivity index (χ0n) is 10.4. The van der Waals surface area contributed by atoms with Crippen molar-refractivity contribution in [2.75, 3.05) is 5.43 Å². The Morgan fingerprint density at radius 2 is 2.17 bits per heavy atom. The molecule has 0 aliphatic rings. The van der Waals surface area contributed by atoms with E-state index in [1.54, 1.807) is 6.20 Å². The van der Waals surface area contributed by atoms with Gasteiger partial charge in [0.15, 0.2) is 0 Å². The number of rotatable bonds is 1. The van der Waals surface area contributed by atoms with Crippen molar-refractivity contribution in [1.29, 1.82) is 0 Å². The van der Waals surface area contributed by atoms with E-state index in [2.05, 4.69) is 33.1 Å². The summed E-state index contributed by atoms with van der Waals surface area (Å²) in [6.07, 6.45) is 1.18. The summed E-state index contributed by atoms with van der Waals surface area (Å²) in [6.45, 7) is 5.45. The van der Waals surface area contributed by atoms with E-state index in [9.17, 15) is 4.79 Å². The third kappa shape index (κ3) is 3.12. The quantitative estimate of drug-likeness (QED) is 0.796. The van der Waals surface area contributed by atoms with Gasteiger partial charge in [0.1, 0.15) is 5.60 Å². The molecule has 6 heteroatoms. The summed E-state index contributed by atoms with van der Waals surface area (Å²) in [5.74, 6) is 0. The van der Waals surface area contributed by atoms with Crippen LogP contribution in [0.15, 0.2) is 24.4 Å². The van der Waals surface area contributed by atoms with Crippen molar-refractivity contribution in [2.24, 2.45) is 0 Å². The van der Waals surface area contributed by atoms with Gasteiger partial charge in [-0.25, -0.2) is 10.2 Å². The maximum atomic E-state index is 11.7. The van der Waals surface area contributed by atoms with Crippen molar-refractivity contribution in [3.05, 3.63) is 28.0 Å². The van der Waals surface area contributed by atoms with Gasteiger partial charge in [0.25, 0.3) is 0 Å². The molecule has 1 heterocycles. The predicted molar refractivity (Wildman–Crippen MR) is 78.0 cm³/mol. The summed E-state index contributed by atoms with van der Waals surface area (Å²) in [5, 5.41) is 5.07. The molecule has 1 aromatic heterocycles. The molecule has 2 rings (SSSR count). The molecule has 1 aromatic carbocycles. The molecule has 96 valence electrons. The fraction of sp³-hybridized carbons (Fsp3) is 0.333. The first-order valence-corrected chi connectivity index (χ1v) is 6.56. The van der Waals surface area contributed by atoms with Crippen LogP contribution >= 0.6 is 22.6 Å². The number of fused-ring (bicyclic) bond motifs is 1. The number of halogens is 1. The van der Waals surface area contributed by atoms with Crippen molar-refractivity contribution in [1.82, 2.24) is 9.89 Å². The highest BCUT2D eigenvalue weighted by Crippen LogP contribution is 2.16. The Bertz CT molecular complexity index is 587. The van der Waals surface area contributed by atoms with Crippen LogP contribution in [0.3, 0.4) is 0 Å². The Labute approximate surface area is 119 Å². The van der Waals surface area contributed by atoms with Crippen LogP contribution in [0.1, 0.15) is 20.8 Å². The van der Waals surface area contributed by atoms with Crippen LogP contribution in [0, 0.1) is 3.57 Å². The van der Waals surface area contributed by atoms with Crippen LogP contribution in [-0.2, 0) is 4.74 Å². The fourth-order valence-corrected chi connectivity index (χ4v) is 1.94. The molecule has 0 aliphatic heterocycles. The number of benzene rings is 1. The lowest BCUT2D eigenvalue weighted by molar-refractivity contribution is 0.0611. The first kappa shape index (κ1) is 13.1. The number of aromatic nitrogens is 2. The maximum Gasteiger partial charge on any atom is 0.428 e. The summed E-state index contributed by atoms with van der Waals surface area (Å²) in [7, 11) is 0. The summed E-state index contributed by atoms with van der Waals surface area (Å²) in [4.78, 5) is 13.1. The minimum atomic E-state index is -0.526. The average molecular weight is 359 g/mol. The zero-order valence-corrected chi connectivity index (χ0v) is 12.6. The largest absolute Gasteiger partial charge is 0.443 e. The molecule has 0 saturated carbocycles. The van der Waals surface area contributed by atoms with E-state index in [1.165, 1.54) is 4.79 Å². The number of carbonyl (C=O) groups excluding carboxylic acids is 1. The van der Waals surface area contributed by atoms with Gasteiger partial charge in [0.2, 0.25) is 0 Å². The van der Waals surface area contributed by atoms with Crippen LogP contribution < -0.4 is 5.43 Å². The number of amides is 1. The SMILES string of the molecule is CC(C)(C)OC(=O)Nn1ncc2ccc(I)cc21. The van der Waals surface area contributed by atoms with Crippen molar-refractivity contribution in [2.45, 2.75) is 26.4 Å². The normalized spacial score (nSPS) is 11.6. The maximum absolute atomic E-state index is 11.7. The molecule has 18 heavy (non-hydrogen) atoms. The van der Waals surface area contributed by atoms with Crippen LogP contribution in [0.2, 0.25) is 0 Å². The molecule has 2 aromatic rings. The average Bonchev–Trinajstić information content (AvgIpc) is 2.58. The van der Waals surface area contributed by atoms with Gasteiger partial charge in [0.05, 0.1) is 11.7 Å². The number of hydrogen-bond acceptors (Lipinski definition) is 3. The van der Waals surface area contributed by atoms with Crippen molar-refractivity contribution in [3.63, 3.8) is 0 Å². The Balaban J connectivity index is 2.22. The van der Waals surface area contributed by atoms with E-state index in [1.807, 2.05) is 39.0 Å². The van der Waals surface area contributed by atoms with Gasteiger partial charge in [-0.05, 0) is 55.5 Å². The standard InChI is InChI=1S/C12H14IN3O2/c1-12(2,3)18-11(17)15-16-10-6-9(13)5-4-8(10)7-14-16/h4-7H,1-3H3,(H,15,17). The second-order valence-corrected chi connectivity index (χ2v) is 6.12. The number of carbonyl (C=O) groups is 1. The smallest absolute Gasteiger partial charge is 0.428 e. The fourth-order valence-electron chi connectivity index (χ4n) is 1.47. The molecule has 1 amide bonds. The Kier molecular flexibility index (Phi) is 3.47. The van der Waals surface area contributed by atoms with Crippen LogP contribution in [0.4, 0.5) is 4.79 Å². The van der Waals surface area contributed by atoms with Crippen LogP contribution in [0.5, 0.6) is 0 Å². The topological polar surface area (TPSA) is 56.1 Å². The predicted octanol–water partition coefficient (Wildman–Crippen LogP) is 3.12. The first-order chi connectivity index (χ1) is 8.35. The Hall–Kier alpha value is -1.31. The van der Waals surface area contributed by atoms with Gasteiger partial charge in [-0.15, -0.1) is 0 Å². The second kappa shape index (κ2) is 4.75. The number of hydrogen-bond donors (Lipinski definition) is 1. The van der Waals surface area contributed by atoms with Crippen LogP contribution in [-0.4, -0.2) is 21.6 Å². The number of nitrogens with zero attached hydrogens (tertiary/aromatic N) is 2. The van der Waals surface area contributed by atoms with Gasteiger partial charge < -0.3 is 4.74 Å². The lowest BCUT2D eigenvalue weighted by Gasteiger charge is -2.19. The highest BCUT2D eigenvalue weighted by atomic mass is 127. The third-order valence-electron chi connectivity index (χ3n) is 2.13. The molecule has 0 radical (unpaired) electrons. The van der Waals surface area contributed by atoms with Gasteiger partial charge in [-0.2, -0.15) is 9.89 Å². The molecule has 0 fully saturated rings. The monoisotopic (exact) mass is 359 g/mol. The van der Waals surface area contributed by atoms with E-state index < -0.39 is 11.7 Å². The van der Waals surface area contributed by atoms with Crippen LogP contribution in [0.25, 0.3) is 10.9 Å². The third-order valence-corrected chi connectivity index (χ3v) is 2.80. The van der Waals surface area contributed by atoms with E-state index in [4.69, 9.17) is 4.74 Å². The molecule has 0 atom stereocenters. The van der Waals surface area contributed by atoms with E-state index in [-0.39, 0.29) is 0 Å². The zero-order chi connectivity index (χ0) is 13.3. The molecule has 0 bridgehead atoms. The van der Waals surface area contributed by atoms with E-state index in [0.717, 1.165) is 14.5 Å². The van der Waals surface area contributed by atoms with Gasteiger partial charge >= 0.3 is 6.09 Å². The molecule has 0 saturated heterocycles. The van der Waals surface area contributed by atoms with Gasteiger partial charge in [-0.3, -0.25) is 0 Å². The molecule has 0 spiro atoms. The summed E-state index contributed by atoms with van der Waals surface area (Å²) >= 11 is 2.21. The molecular weight excluding hydrogens is 345 g/mol. The molecule has 0 unspecified atom stereocenters. The van der Waals surface area contributed by atoms with Gasteiger partial charge in [-0.1, -0.05) is 6.07 Å². The summed E-state index contributed by atoms with van der Waals surface area (Å²) in [5.41, 5.74) is 2.90. The number of ether oxygens (including phenoxy) is 1. The van der Waals surface area contributed by atoms with Crippen molar-refractivity contribution < 1.29 is 9.53 Å². The molecular formula is C12H14IN3O2. The lowest BCUT2D eigenvalue weighted by atomic mass is 10.2. The number of nitrogens with one attached hydrogen (secondary N) is 1. The molecule has 1 N–H and O–H groups in total. The van der Waals surface area contributed by atoms with Crippen molar-refractivity contribution >= 4 is 39.6 Å². The minimum absolute atomic E-state index is 0.522. The second-order valence-electron chi connectivity index (χ2n) is 4.87.